The number of rotatable bonds is 5. The Kier molecular flexibility index (Phi) is 5.33. The van der Waals surface area contributed by atoms with Crippen LogP contribution in [0.1, 0.15) is 41.9 Å². The van der Waals surface area contributed by atoms with Crippen molar-refractivity contribution in [1.29, 1.82) is 0 Å². The Morgan fingerprint density at radius 1 is 1.10 bits per heavy atom. The van der Waals surface area contributed by atoms with E-state index in [1.54, 1.807) is 0 Å². The van der Waals surface area contributed by atoms with Crippen LogP contribution in [0, 0.1) is 11.6 Å². The maximum atomic E-state index is 13.4. The Balaban J connectivity index is 1.55. The number of nitrogens with zero attached hydrogens (tertiary/aromatic N) is 1. The molecule has 29 heavy (non-hydrogen) atoms. The van der Waals surface area contributed by atoms with Gasteiger partial charge in [0.15, 0.2) is 5.78 Å². The number of hydrogen-bond acceptors (Lipinski definition) is 2. The lowest BCUT2D eigenvalue weighted by Crippen LogP contribution is -2.34. The van der Waals surface area contributed by atoms with Crippen LogP contribution in [0.25, 0.3) is 16.5 Å². The first kappa shape index (κ1) is 19.5. The maximum Gasteiger partial charge on any atom is 0.183 e. The predicted molar refractivity (Wildman–Crippen MR) is 112 cm³/mol. The quantitative estimate of drug-likeness (QED) is 0.591. The van der Waals surface area contributed by atoms with Crippen LogP contribution in [-0.4, -0.2) is 34.8 Å². The monoisotopic (exact) mass is 394 g/mol. The SMILES string of the molecule is CC(C)N1CC=C(c2ccc3[nH]c(C(=O)Cc4cc(F)cc(F)c4)cc3c2)CC1. The van der Waals surface area contributed by atoms with Gasteiger partial charge in [0, 0.05) is 42.5 Å². The molecule has 1 aliphatic heterocycles. The summed E-state index contributed by atoms with van der Waals surface area (Å²) in [5, 5.41) is 0.962. The topological polar surface area (TPSA) is 36.1 Å². The molecular weight excluding hydrogens is 370 g/mol. The van der Waals surface area contributed by atoms with E-state index in [1.807, 2.05) is 12.1 Å². The van der Waals surface area contributed by atoms with Gasteiger partial charge in [-0.15, -0.1) is 0 Å². The van der Waals surface area contributed by atoms with Crippen molar-refractivity contribution in [3.63, 3.8) is 0 Å². The molecule has 4 rings (SSSR count). The van der Waals surface area contributed by atoms with E-state index in [4.69, 9.17) is 0 Å². The minimum atomic E-state index is -0.675. The zero-order chi connectivity index (χ0) is 20.5. The van der Waals surface area contributed by atoms with E-state index in [2.05, 4.69) is 41.9 Å². The number of carbonyl (C=O) groups excluding carboxylic acids is 1. The molecule has 0 saturated carbocycles. The first-order valence-corrected chi connectivity index (χ1v) is 9.93. The van der Waals surface area contributed by atoms with Gasteiger partial charge in [0.25, 0.3) is 0 Å². The molecule has 0 spiro atoms. The zero-order valence-corrected chi connectivity index (χ0v) is 16.6. The van der Waals surface area contributed by atoms with Crippen LogP contribution in [0.4, 0.5) is 8.78 Å². The van der Waals surface area contributed by atoms with E-state index >= 15 is 0 Å². The highest BCUT2D eigenvalue weighted by molar-refractivity contribution is 6.01. The Morgan fingerprint density at radius 3 is 2.52 bits per heavy atom. The van der Waals surface area contributed by atoms with Crippen molar-refractivity contribution in [2.75, 3.05) is 13.1 Å². The summed E-state index contributed by atoms with van der Waals surface area (Å²) in [6.07, 6.45) is 3.23. The van der Waals surface area contributed by atoms with Crippen LogP contribution in [0.2, 0.25) is 0 Å². The molecule has 0 atom stereocenters. The van der Waals surface area contributed by atoms with E-state index < -0.39 is 11.6 Å². The molecule has 3 nitrogen and oxygen atoms in total. The Hall–Kier alpha value is -2.79. The Labute approximate surface area is 169 Å². The van der Waals surface area contributed by atoms with Crippen LogP contribution < -0.4 is 0 Å². The van der Waals surface area contributed by atoms with Gasteiger partial charge in [0.2, 0.25) is 0 Å². The minimum Gasteiger partial charge on any atom is -0.352 e. The fraction of sp³-hybridized carbons (Fsp3) is 0.292. The molecule has 1 aliphatic rings. The highest BCUT2D eigenvalue weighted by Crippen LogP contribution is 2.27. The molecule has 3 aromatic rings. The lowest BCUT2D eigenvalue weighted by molar-refractivity contribution is 0.0989. The van der Waals surface area contributed by atoms with Gasteiger partial charge in [0.1, 0.15) is 11.6 Å². The normalized spacial score (nSPS) is 15.1. The van der Waals surface area contributed by atoms with Crippen molar-refractivity contribution in [3.8, 4) is 0 Å². The second kappa shape index (κ2) is 7.91. The Bertz CT molecular complexity index is 1080. The van der Waals surface area contributed by atoms with Crippen LogP contribution in [0.15, 0.2) is 48.5 Å². The molecule has 2 aromatic carbocycles. The van der Waals surface area contributed by atoms with E-state index in [9.17, 15) is 13.6 Å². The number of aromatic amines is 1. The molecule has 0 fully saturated rings. The number of ketones is 1. The van der Waals surface area contributed by atoms with Crippen molar-refractivity contribution in [3.05, 3.63) is 77.0 Å². The molecule has 0 amide bonds. The maximum absolute atomic E-state index is 13.4. The van der Waals surface area contributed by atoms with Crippen LogP contribution in [-0.2, 0) is 6.42 Å². The number of halogens is 2. The fourth-order valence-corrected chi connectivity index (χ4v) is 3.89. The van der Waals surface area contributed by atoms with Crippen LogP contribution >= 0.6 is 0 Å². The summed E-state index contributed by atoms with van der Waals surface area (Å²) in [4.78, 5) is 18.2. The zero-order valence-electron chi connectivity index (χ0n) is 16.6. The second-order valence-electron chi connectivity index (χ2n) is 7.93. The molecule has 0 radical (unpaired) electrons. The van der Waals surface area contributed by atoms with Crippen molar-refractivity contribution in [2.24, 2.45) is 0 Å². The molecule has 150 valence electrons. The average Bonchev–Trinajstić information content (AvgIpc) is 3.10. The van der Waals surface area contributed by atoms with Gasteiger partial charge in [-0.1, -0.05) is 12.1 Å². The van der Waals surface area contributed by atoms with E-state index in [0.717, 1.165) is 36.5 Å². The summed E-state index contributed by atoms with van der Waals surface area (Å²) in [5.74, 6) is -1.55. The second-order valence-corrected chi connectivity index (χ2v) is 7.93. The van der Waals surface area contributed by atoms with Gasteiger partial charge >= 0.3 is 0 Å². The first-order valence-electron chi connectivity index (χ1n) is 9.93. The molecular formula is C24H24F2N2O. The summed E-state index contributed by atoms with van der Waals surface area (Å²) in [5.41, 5.74) is 4.15. The van der Waals surface area contributed by atoms with E-state index in [1.165, 1.54) is 23.3 Å². The van der Waals surface area contributed by atoms with Crippen molar-refractivity contribution in [1.82, 2.24) is 9.88 Å². The van der Waals surface area contributed by atoms with Crippen molar-refractivity contribution < 1.29 is 13.6 Å². The number of fused-ring (bicyclic) bond motifs is 1. The minimum absolute atomic E-state index is 0.0510. The standard InChI is InChI=1S/C24H24F2N2O/c1-15(2)28-7-5-17(6-8-28)18-3-4-22-19(12-18)13-23(27-22)24(29)11-16-9-20(25)14-21(26)10-16/h3-5,9-10,12-15,27H,6-8,11H2,1-2H3. The molecule has 0 bridgehead atoms. The number of carbonyl (C=O) groups is 1. The van der Waals surface area contributed by atoms with Gasteiger partial charge in [-0.05, 0) is 67.3 Å². The first-order chi connectivity index (χ1) is 13.9. The highest BCUT2D eigenvalue weighted by Gasteiger charge is 2.16. The molecule has 0 unspecified atom stereocenters. The summed E-state index contributed by atoms with van der Waals surface area (Å²) in [7, 11) is 0. The average molecular weight is 394 g/mol. The smallest absolute Gasteiger partial charge is 0.183 e. The van der Waals surface area contributed by atoms with Gasteiger partial charge in [-0.2, -0.15) is 0 Å². The number of benzene rings is 2. The van der Waals surface area contributed by atoms with Gasteiger partial charge in [-0.25, -0.2) is 8.78 Å². The number of Topliss-reactive ketones (excluding diaryl/α,β-unsaturated/α-hetero) is 1. The van der Waals surface area contributed by atoms with Crippen molar-refractivity contribution in [2.45, 2.75) is 32.7 Å². The van der Waals surface area contributed by atoms with E-state index in [-0.39, 0.29) is 12.2 Å². The van der Waals surface area contributed by atoms with Gasteiger partial charge < -0.3 is 4.98 Å². The third-order valence-electron chi connectivity index (χ3n) is 5.55. The molecule has 2 heterocycles. The highest BCUT2D eigenvalue weighted by atomic mass is 19.1. The molecule has 0 saturated heterocycles. The number of nitrogens with one attached hydrogen (secondary N) is 1. The largest absolute Gasteiger partial charge is 0.352 e. The summed E-state index contributed by atoms with van der Waals surface area (Å²) < 4.78 is 26.7. The Morgan fingerprint density at radius 2 is 1.86 bits per heavy atom. The molecule has 5 heteroatoms. The molecule has 1 N–H and O–H groups in total. The van der Waals surface area contributed by atoms with Gasteiger partial charge in [-0.3, -0.25) is 9.69 Å². The third-order valence-corrected chi connectivity index (χ3v) is 5.55. The number of aromatic nitrogens is 1. The number of H-pyrrole nitrogens is 1. The van der Waals surface area contributed by atoms with Crippen LogP contribution in [0.5, 0.6) is 0 Å². The molecule has 1 aromatic heterocycles. The summed E-state index contributed by atoms with van der Waals surface area (Å²) >= 11 is 0. The summed E-state index contributed by atoms with van der Waals surface area (Å²) in [6.45, 7) is 6.41. The van der Waals surface area contributed by atoms with Gasteiger partial charge in [0.05, 0.1) is 5.69 Å². The van der Waals surface area contributed by atoms with E-state index in [0.29, 0.717) is 17.3 Å². The lowest BCUT2D eigenvalue weighted by atomic mass is 9.98. The molecule has 0 aliphatic carbocycles. The predicted octanol–water partition coefficient (Wildman–Crippen LogP) is 5.37. The van der Waals surface area contributed by atoms with Crippen LogP contribution in [0.3, 0.4) is 0 Å². The van der Waals surface area contributed by atoms with Crippen molar-refractivity contribution >= 4 is 22.3 Å². The third kappa shape index (κ3) is 4.30. The number of hydrogen-bond donors (Lipinski definition) is 1. The lowest BCUT2D eigenvalue weighted by Gasteiger charge is -2.29. The summed E-state index contributed by atoms with van der Waals surface area (Å²) in [6, 6.07) is 11.7. The fourth-order valence-electron chi connectivity index (χ4n) is 3.89.